The highest BCUT2D eigenvalue weighted by Gasteiger charge is 2.17. The van der Waals surface area contributed by atoms with E-state index in [2.05, 4.69) is 6.92 Å². The van der Waals surface area contributed by atoms with Crippen molar-refractivity contribution in [3.8, 4) is 0 Å². The summed E-state index contributed by atoms with van der Waals surface area (Å²) in [6.45, 7) is 2.26. The second-order valence-electron chi connectivity index (χ2n) is 3.47. The van der Waals surface area contributed by atoms with Crippen molar-refractivity contribution >= 4 is 0 Å². The standard InChI is InChI=1S/C9H19N/c1-2-8-6-4-3-5-7-9(8)10/h8-9H,2-7,10H2,1H3/t8-,9+/m0/s1. The van der Waals surface area contributed by atoms with Gasteiger partial charge in [-0.15, -0.1) is 0 Å². The Hall–Kier alpha value is -0.0400. The van der Waals surface area contributed by atoms with Gasteiger partial charge in [0.25, 0.3) is 0 Å². The van der Waals surface area contributed by atoms with Crippen LogP contribution in [0.5, 0.6) is 0 Å². The summed E-state index contributed by atoms with van der Waals surface area (Å²) in [5, 5.41) is 0. The Balaban J connectivity index is 2.35. The maximum atomic E-state index is 5.99. The Kier molecular flexibility index (Phi) is 3.20. The SMILES string of the molecule is CC[C@H]1CCCCC[C@H]1N. The third-order valence-corrected chi connectivity index (χ3v) is 2.74. The van der Waals surface area contributed by atoms with Crippen LogP contribution in [-0.4, -0.2) is 6.04 Å². The lowest BCUT2D eigenvalue weighted by Crippen LogP contribution is -2.28. The average Bonchev–Trinajstić information content (AvgIpc) is 2.13. The molecule has 0 radical (unpaired) electrons. The quantitative estimate of drug-likeness (QED) is 0.557. The first-order valence-electron chi connectivity index (χ1n) is 4.60. The van der Waals surface area contributed by atoms with Crippen LogP contribution in [0.25, 0.3) is 0 Å². The van der Waals surface area contributed by atoms with E-state index in [0.29, 0.717) is 6.04 Å². The zero-order valence-electron chi connectivity index (χ0n) is 6.97. The molecule has 0 aromatic heterocycles. The number of hydrogen-bond donors (Lipinski definition) is 1. The largest absolute Gasteiger partial charge is 0.327 e. The van der Waals surface area contributed by atoms with Crippen LogP contribution in [0.15, 0.2) is 0 Å². The number of rotatable bonds is 1. The zero-order valence-corrected chi connectivity index (χ0v) is 6.97. The van der Waals surface area contributed by atoms with Crippen LogP contribution >= 0.6 is 0 Å². The maximum absolute atomic E-state index is 5.99. The first-order chi connectivity index (χ1) is 4.84. The summed E-state index contributed by atoms with van der Waals surface area (Å²) in [5.74, 6) is 0.822. The lowest BCUT2D eigenvalue weighted by atomic mass is 9.93. The van der Waals surface area contributed by atoms with Gasteiger partial charge >= 0.3 is 0 Å². The molecule has 2 N–H and O–H groups in total. The Morgan fingerprint density at radius 1 is 1.20 bits per heavy atom. The molecule has 0 amide bonds. The van der Waals surface area contributed by atoms with Crippen molar-refractivity contribution in [3.05, 3.63) is 0 Å². The molecule has 1 rings (SSSR count). The van der Waals surface area contributed by atoms with Crippen molar-refractivity contribution in [2.75, 3.05) is 0 Å². The fourth-order valence-corrected chi connectivity index (χ4v) is 1.92. The molecule has 0 aromatic carbocycles. The van der Waals surface area contributed by atoms with Crippen molar-refractivity contribution in [2.45, 2.75) is 51.5 Å². The van der Waals surface area contributed by atoms with E-state index in [1.165, 1.54) is 38.5 Å². The second kappa shape index (κ2) is 3.97. The van der Waals surface area contributed by atoms with Gasteiger partial charge in [0.05, 0.1) is 0 Å². The molecule has 0 aromatic rings. The summed E-state index contributed by atoms with van der Waals surface area (Å²) >= 11 is 0. The van der Waals surface area contributed by atoms with E-state index < -0.39 is 0 Å². The number of nitrogens with two attached hydrogens (primary N) is 1. The summed E-state index contributed by atoms with van der Waals surface area (Å²) in [6, 6.07) is 0.507. The van der Waals surface area contributed by atoms with Crippen molar-refractivity contribution in [1.82, 2.24) is 0 Å². The topological polar surface area (TPSA) is 26.0 Å². The van der Waals surface area contributed by atoms with Crippen LogP contribution in [0, 0.1) is 5.92 Å². The Labute approximate surface area is 64.0 Å². The van der Waals surface area contributed by atoms with E-state index in [1.54, 1.807) is 0 Å². The predicted molar refractivity (Wildman–Crippen MR) is 44.8 cm³/mol. The van der Waals surface area contributed by atoms with E-state index in [9.17, 15) is 0 Å². The van der Waals surface area contributed by atoms with Gasteiger partial charge in [-0.2, -0.15) is 0 Å². The average molecular weight is 141 g/mol. The fraction of sp³-hybridized carbons (Fsp3) is 1.00. The molecule has 2 atom stereocenters. The van der Waals surface area contributed by atoms with Gasteiger partial charge in [0.15, 0.2) is 0 Å². The van der Waals surface area contributed by atoms with Crippen molar-refractivity contribution in [3.63, 3.8) is 0 Å². The predicted octanol–water partition coefficient (Wildman–Crippen LogP) is 2.30. The van der Waals surface area contributed by atoms with Crippen LogP contribution in [0.3, 0.4) is 0 Å². The Morgan fingerprint density at radius 2 is 1.90 bits per heavy atom. The monoisotopic (exact) mass is 141 g/mol. The molecular formula is C9H19N. The minimum absolute atomic E-state index is 0.507. The molecule has 0 bridgehead atoms. The molecule has 1 aliphatic carbocycles. The van der Waals surface area contributed by atoms with Crippen LogP contribution in [0.1, 0.15) is 45.4 Å². The normalized spacial score (nSPS) is 35.4. The number of hydrogen-bond acceptors (Lipinski definition) is 1. The lowest BCUT2D eigenvalue weighted by Gasteiger charge is -2.18. The highest BCUT2D eigenvalue weighted by Crippen LogP contribution is 2.23. The van der Waals surface area contributed by atoms with Gasteiger partial charge in [0.2, 0.25) is 0 Å². The van der Waals surface area contributed by atoms with Gasteiger partial charge in [0, 0.05) is 6.04 Å². The highest BCUT2D eigenvalue weighted by atomic mass is 14.6. The van der Waals surface area contributed by atoms with Crippen LogP contribution < -0.4 is 5.73 Å². The summed E-state index contributed by atoms with van der Waals surface area (Å²) in [5.41, 5.74) is 5.99. The molecule has 10 heavy (non-hydrogen) atoms. The van der Waals surface area contributed by atoms with Crippen LogP contribution in [0.2, 0.25) is 0 Å². The van der Waals surface area contributed by atoms with Gasteiger partial charge in [-0.3, -0.25) is 0 Å². The Morgan fingerprint density at radius 3 is 2.60 bits per heavy atom. The van der Waals surface area contributed by atoms with Gasteiger partial charge in [-0.25, -0.2) is 0 Å². The smallest absolute Gasteiger partial charge is 0.00670 e. The second-order valence-corrected chi connectivity index (χ2v) is 3.47. The van der Waals surface area contributed by atoms with E-state index in [1.807, 2.05) is 0 Å². The lowest BCUT2D eigenvalue weighted by molar-refractivity contribution is 0.386. The van der Waals surface area contributed by atoms with E-state index in [4.69, 9.17) is 5.73 Å². The molecule has 1 heteroatoms. The Bertz CT molecular complexity index is 90.7. The molecule has 1 fully saturated rings. The van der Waals surface area contributed by atoms with Gasteiger partial charge < -0.3 is 5.73 Å². The minimum Gasteiger partial charge on any atom is -0.327 e. The van der Waals surface area contributed by atoms with E-state index in [-0.39, 0.29) is 0 Å². The van der Waals surface area contributed by atoms with Gasteiger partial charge in [0.1, 0.15) is 0 Å². The van der Waals surface area contributed by atoms with E-state index in [0.717, 1.165) is 5.92 Å². The van der Waals surface area contributed by atoms with Crippen LogP contribution in [0.4, 0.5) is 0 Å². The molecular weight excluding hydrogens is 122 g/mol. The molecule has 0 aliphatic heterocycles. The van der Waals surface area contributed by atoms with Crippen molar-refractivity contribution in [2.24, 2.45) is 11.7 Å². The summed E-state index contributed by atoms with van der Waals surface area (Å²) in [7, 11) is 0. The molecule has 0 heterocycles. The van der Waals surface area contributed by atoms with Crippen LogP contribution in [-0.2, 0) is 0 Å². The minimum atomic E-state index is 0.507. The van der Waals surface area contributed by atoms with E-state index >= 15 is 0 Å². The molecule has 1 saturated carbocycles. The summed E-state index contributed by atoms with van der Waals surface area (Å²) < 4.78 is 0. The van der Waals surface area contributed by atoms with Crippen molar-refractivity contribution < 1.29 is 0 Å². The maximum Gasteiger partial charge on any atom is 0.00670 e. The summed E-state index contributed by atoms with van der Waals surface area (Å²) in [4.78, 5) is 0. The summed E-state index contributed by atoms with van der Waals surface area (Å²) in [6.07, 6.45) is 8.09. The van der Waals surface area contributed by atoms with Crippen molar-refractivity contribution in [1.29, 1.82) is 0 Å². The van der Waals surface area contributed by atoms with Gasteiger partial charge in [-0.05, 0) is 18.8 Å². The molecule has 1 aliphatic rings. The highest BCUT2D eigenvalue weighted by molar-refractivity contribution is 4.74. The molecule has 0 spiro atoms. The third-order valence-electron chi connectivity index (χ3n) is 2.74. The molecule has 60 valence electrons. The first-order valence-corrected chi connectivity index (χ1v) is 4.60. The fourth-order valence-electron chi connectivity index (χ4n) is 1.92. The molecule has 0 unspecified atom stereocenters. The molecule has 1 nitrogen and oxygen atoms in total. The van der Waals surface area contributed by atoms with Gasteiger partial charge in [-0.1, -0.05) is 32.6 Å². The zero-order chi connectivity index (χ0) is 7.40. The first kappa shape index (κ1) is 8.06. The molecule has 0 saturated heterocycles. The third kappa shape index (κ3) is 1.98.